The van der Waals surface area contributed by atoms with E-state index in [1.165, 1.54) is 17.8 Å². The fraction of sp³-hybridized carbons (Fsp3) is 0.385. The molecule has 1 unspecified atom stereocenters. The van der Waals surface area contributed by atoms with Gasteiger partial charge in [0.1, 0.15) is 5.82 Å². The number of hydrogen-bond donors (Lipinski definition) is 3. The van der Waals surface area contributed by atoms with E-state index in [1.807, 2.05) is 0 Å². The highest BCUT2D eigenvalue weighted by Crippen LogP contribution is 2.21. The van der Waals surface area contributed by atoms with Gasteiger partial charge in [-0.2, -0.15) is 0 Å². The summed E-state index contributed by atoms with van der Waals surface area (Å²) in [6, 6.07) is 6.31. The van der Waals surface area contributed by atoms with Crippen LogP contribution in [0.3, 0.4) is 0 Å². The van der Waals surface area contributed by atoms with E-state index in [-0.39, 0.29) is 31.1 Å². The number of amides is 1. The molecule has 1 aromatic rings. The standard InChI is InChI=1S/C13H16FNO4S/c14-9-3-1-2-4-11(9)20-8-6-12(17)15-7-5-10(16)13(18)19/h1-4,10,16H,5-8H2,(H,15,17)(H,18,19). The van der Waals surface area contributed by atoms with Gasteiger partial charge in [-0.3, -0.25) is 4.79 Å². The smallest absolute Gasteiger partial charge is 0.332 e. The van der Waals surface area contributed by atoms with Crippen LogP contribution in [0.15, 0.2) is 29.2 Å². The van der Waals surface area contributed by atoms with Gasteiger partial charge in [-0.25, -0.2) is 9.18 Å². The van der Waals surface area contributed by atoms with E-state index in [4.69, 9.17) is 10.2 Å². The van der Waals surface area contributed by atoms with Crippen LogP contribution in [0.25, 0.3) is 0 Å². The molecule has 5 nitrogen and oxygen atoms in total. The Labute approximate surface area is 120 Å². The summed E-state index contributed by atoms with van der Waals surface area (Å²) in [5.41, 5.74) is 0. The second-order valence-electron chi connectivity index (χ2n) is 4.02. The van der Waals surface area contributed by atoms with Crippen LogP contribution in [0.5, 0.6) is 0 Å². The number of benzene rings is 1. The number of halogens is 1. The summed E-state index contributed by atoms with van der Waals surface area (Å²) in [4.78, 5) is 22.2. The van der Waals surface area contributed by atoms with Gasteiger partial charge < -0.3 is 15.5 Å². The Morgan fingerprint density at radius 2 is 2.05 bits per heavy atom. The first kappa shape index (κ1) is 16.5. The van der Waals surface area contributed by atoms with Gasteiger partial charge in [0.15, 0.2) is 6.10 Å². The maximum Gasteiger partial charge on any atom is 0.332 e. The zero-order valence-corrected chi connectivity index (χ0v) is 11.5. The third-order valence-corrected chi connectivity index (χ3v) is 3.50. The fourth-order valence-corrected chi connectivity index (χ4v) is 2.26. The highest BCUT2D eigenvalue weighted by Gasteiger charge is 2.12. The third-order valence-electron chi connectivity index (χ3n) is 2.45. The molecule has 0 fully saturated rings. The summed E-state index contributed by atoms with van der Waals surface area (Å²) in [6.07, 6.45) is -1.31. The SMILES string of the molecule is O=C(CCSc1ccccc1F)NCCC(O)C(=O)O. The molecule has 0 radical (unpaired) electrons. The lowest BCUT2D eigenvalue weighted by Gasteiger charge is -2.07. The summed E-state index contributed by atoms with van der Waals surface area (Å²) in [6.45, 7) is 0.0939. The second-order valence-corrected chi connectivity index (χ2v) is 5.16. The van der Waals surface area contributed by atoms with Crippen molar-refractivity contribution in [1.82, 2.24) is 5.32 Å². The van der Waals surface area contributed by atoms with Crippen LogP contribution < -0.4 is 5.32 Å². The first-order chi connectivity index (χ1) is 9.50. The van der Waals surface area contributed by atoms with Crippen molar-refractivity contribution < 1.29 is 24.2 Å². The topological polar surface area (TPSA) is 86.6 Å². The molecule has 3 N–H and O–H groups in total. The molecule has 1 amide bonds. The average molecular weight is 301 g/mol. The van der Waals surface area contributed by atoms with Crippen LogP contribution in [0.4, 0.5) is 4.39 Å². The highest BCUT2D eigenvalue weighted by molar-refractivity contribution is 7.99. The molecule has 0 aliphatic carbocycles. The molecule has 0 aliphatic rings. The van der Waals surface area contributed by atoms with E-state index >= 15 is 0 Å². The van der Waals surface area contributed by atoms with Crippen molar-refractivity contribution in [3.8, 4) is 0 Å². The molecular formula is C13H16FNO4S. The van der Waals surface area contributed by atoms with Gasteiger partial charge in [-0.1, -0.05) is 12.1 Å². The molecule has 1 atom stereocenters. The number of carboxylic acids is 1. The van der Waals surface area contributed by atoms with E-state index in [0.29, 0.717) is 10.6 Å². The largest absolute Gasteiger partial charge is 0.479 e. The van der Waals surface area contributed by atoms with Crippen molar-refractivity contribution in [1.29, 1.82) is 0 Å². The molecule has 1 rings (SSSR count). The minimum absolute atomic E-state index is 0.0401. The molecular weight excluding hydrogens is 285 g/mol. The molecule has 0 heterocycles. The Morgan fingerprint density at radius 3 is 2.70 bits per heavy atom. The van der Waals surface area contributed by atoms with Crippen molar-refractivity contribution in [2.45, 2.75) is 23.8 Å². The number of thioether (sulfide) groups is 1. The average Bonchev–Trinajstić information content (AvgIpc) is 2.40. The van der Waals surface area contributed by atoms with E-state index in [1.54, 1.807) is 18.2 Å². The van der Waals surface area contributed by atoms with Crippen molar-refractivity contribution in [2.75, 3.05) is 12.3 Å². The highest BCUT2D eigenvalue weighted by atomic mass is 32.2. The molecule has 0 saturated heterocycles. The lowest BCUT2D eigenvalue weighted by Crippen LogP contribution is -2.30. The summed E-state index contributed by atoms with van der Waals surface area (Å²) in [5, 5.41) is 19.9. The number of aliphatic hydroxyl groups excluding tert-OH is 1. The van der Waals surface area contributed by atoms with Gasteiger partial charge in [0.25, 0.3) is 0 Å². The summed E-state index contributed by atoms with van der Waals surface area (Å²) in [5.74, 6) is -1.46. The van der Waals surface area contributed by atoms with E-state index < -0.39 is 12.1 Å². The molecule has 7 heteroatoms. The summed E-state index contributed by atoms with van der Waals surface area (Å²) < 4.78 is 13.3. The Bertz CT molecular complexity index is 469. The van der Waals surface area contributed by atoms with E-state index in [9.17, 15) is 14.0 Å². The van der Waals surface area contributed by atoms with Crippen LogP contribution in [0.1, 0.15) is 12.8 Å². The lowest BCUT2D eigenvalue weighted by atomic mass is 10.2. The maximum absolute atomic E-state index is 13.3. The predicted octanol–water partition coefficient (Wildman–Crippen LogP) is 1.26. The zero-order chi connectivity index (χ0) is 15.0. The van der Waals surface area contributed by atoms with Gasteiger partial charge in [0, 0.05) is 30.0 Å². The van der Waals surface area contributed by atoms with Crippen LogP contribution in [0.2, 0.25) is 0 Å². The van der Waals surface area contributed by atoms with Gasteiger partial charge >= 0.3 is 5.97 Å². The lowest BCUT2D eigenvalue weighted by molar-refractivity contribution is -0.147. The van der Waals surface area contributed by atoms with Crippen LogP contribution in [-0.4, -0.2) is 40.5 Å². The minimum Gasteiger partial charge on any atom is -0.479 e. The van der Waals surface area contributed by atoms with E-state index in [2.05, 4.69) is 5.32 Å². The van der Waals surface area contributed by atoms with Crippen LogP contribution >= 0.6 is 11.8 Å². The Morgan fingerprint density at radius 1 is 1.35 bits per heavy atom. The molecule has 0 aromatic heterocycles. The van der Waals surface area contributed by atoms with Crippen LogP contribution in [0, 0.1) is 5.82 Å². The molecule has 1 aromatic carbocycles. The van der Waals surface area contributed by atoms with Gasteiger partial charge in [0.05, 0.1) is 0 Å². The molecule has 20 heavy (non-hydrogen) atoms. The van der Waals surface area contributed by atoms with E-state index in [0.717, 1.165) is 0 Å². The summed E-state index contributed by atoms with van der Waals surface area (Å²) >= 11 is 1.24. The first-order valence-corrected chi connectivity index (χ1v) is 7.04. The third kappa shape index (κ3) is 6.03. The number of carbonyl (C=O) groups is 2. The van der Waals surface area contributed by atoms with Crippen molar-refractivity contribution in [2.24, 2.45) is 0 Å². The van der Waals surface area contributed by atoms with Gasteiger partial charge in [-0.15, -0.1) is 11.8 Å². The fourth-order valence-electron chi connectivity index (χ4n) is 1.38. The second kappa shape index (κ2) is 8.55. The number of carboxylic acid groups (broad SMARTS) is 1. The van der Waals surface area contributed by atoms with Gasteiger partial charge in [-0.05, 0) is 12.1 Å². The minimum atomic E-state index is -1.47. The zero-order valence-electron chi connectivity index (χ0n) is 10.7. The number of nitrogens with one attached hydrogen (secondary N) is 1. The number of hydrogen-bond acceptors (Lipinski definition) is 4. The number of carbonyl (C=O) groups excluding carboxylic acids is 1. The predicted molar refractivity (Wildman–Crippen MR) is 73.0 cm³/mol. The number of aliphatic carboxylic acids is 1. The van der Waals surface area contributed by atoms with Crippen LogP contribution in [-0.2, 0) is 9.59 Å². The molecule has 0 aliphatic heterocycles. The van der Waals surface area contributed by atoms with Crippen molar-refractivity contribution in [3.63, 3.8) is 0 Å². The molecule has 0 bridgehead atoms. The Kier molecular flexibility index (Phi) is 7.03. The maximum atomic E-state index is 13.3. The quantitative estimate of drug-likeness (QED) is 0.629. The first-order valence-electron chi connectivity index (χ1n) is 6.05. The Hall–Kier alpha value is -1.60. The Balaban J connectivity index is 2.18. The normalized spacial score (nSPS) is 11.9. The van der Waals surface area contributed by atoms with Crippen molar-refractivity contribution >= 4 is 23.6 Å². The monoisotopic (exact) mass is 301 g/mol. The number of aliphatic hydroxyl groups is 1. The van der Waals surface area contributed by atoms with Crippen molar-refractivity contribution in [3.05, 3.63) is 30.1 Å². The summed E-state index contributed by atoms with van der Waals surface area (Å²) in [7, 11) is 0. The molecule has 0 spiro atoms. The molecule has 110 valence electrons. The number of rotatable bonds is 8. The van der Waals surface area contributed by atoms with Gasteiger partial charge in [0.2, 0.25) is 5.91 Å². The molecule has 0 saturated carbocycles.